The maximum atomic E-state index is 12.7. The summed E-state index contributed by atoms with van der Waals surface area (Å²) in [6, 6.07) is 5.08. The van der Waals surface area contributed by atoms with Gasteiger partial charge in [0.05, 0.1) is 4.92 Å². The number of nitro benzene ring substituents is 1. The van der Waals surface area contributed by atoms with Gasteiger partial charge in [0.25, 0.3) is 5.69 Å². The summed E-state index contributed by atoms with van der Waals surface area (Å²) < 4.78 is 26.8. The number of hydrogen-bond donors (Lipinski definition) is 1. The summed E-state index contributed by atoms with van der Waals surface area (Å²) in [5.41, 5.74) is -0.411. The summed E-state index contributed by atoms with van der Waals surface area (Å²) in [5.74, 6) is 0. The van der Waals surface area contributed by atoms with Crippen molar-refractivity contribution in [2.45, 2.75) is 36.6 Å². The molecule has 0 saturated carbocycles. The molecule has 1 aromatic carbocycles. The van der Waals surface area contributed by atoms with Crippen molar-refractivity contribution in [3.05, 3.63) is 34.4 Å². The Bertz CT molecular complexity index is 615. The third-order valence-corrected chi connectivity index (χ3v) is 5.68. The van der Waals surface area contributed by atoms with Gasteiger partial charge in [-0.25, -0.2) is 8.42 Å². The number of hydrogen-bond acceptors (Lipinski definition) is 5. The second-order valence-electron chi connectivity index (χ2n) is 5.00. The summed E-state index contributed by atoms with van der Waals surface area (Å²) >= 11 is 0. The Balaban J connectivity index is 2.43. The highest BCUT2D eigenvalue weighted by Crippen LogP contribution is 2.31. The molecule has 0 aliphatic carbocycles. The summed E-state index contributed by atoms with van der Waals surface area (Å²) in [6.45, 7) is 0.229. The molecular weight excluding hydrogens is 296 g/mol. The van der Waals surface area contributed by atoms with E-state index in [0.717, 1.165) is 12.8 Å². The van der Waals surface area contributed by atoms with Crippen LogP contribution in [0.1, 0.15) is 25.7 Å². The lowest BCUT2D eigenvalue weighted by atomic mass is 10.0. The zero-order valence-electron chi connectivity index (χ0n) is 11.5. The Hall–Kier alpha value is -1.51. The van der Waals surface area contributed by atoms with Crippen LogP contribution in [0.5, 0.6) is 0 Å². The average molecular weight is 314 g/mol. The van der Waals surface area contributed by atoms with E-state index in [1.165, 1.54) is 28.6 Å². The number of aliphatic hydroxyl groups excluding tert-OH is 1. The molecule has 116 valence electrons. The number of nitrogens with zero attached hydrogens (tertiary/aromatic N) is 2. The third kappa shape index (κ3) is 3.22. The Morgan fingerprint density at radius 2 is 2.05 bits per heavy atom. The van der Waals surface area contributed by atoms with Gasteiger partial charge in [-0.3, -0.25) is 10.1 Å². The van der Waals surface area contributed by atoms with Gasteiger partial charge < -0.3 is 5.11 Å². The van der Waals surface area contributed by atoms with E-state index in [4.69, 9.17) is 5.11 Å². The molecule has 0 amide bonds. The molecule has 0 unspecified atom stereocenters. The van der Waals surface area contributed by atoms with Crippen LogP contribution in [-0.4, -0.2) is 41.9 Å². The normalized spacial score (nSPS) is 20.3. The van der Waals surface area contributed by atoms with E-state index in [-0.39, 0.29) is 17.5 Å². The van der Waals surface area contributed by atoms with Gasteiger partial charge in [0.2, 0.25) is 10.0 Å². The van der Waals surface area contributed by atoms with Crippen molar-refractivity contribution in [3.8, 4) is 0 Å². The quantitative estimate of drug-likeness (QED) is 0.656. The lowest BCUT2D eigenvalue weighted by Gasteiger charge is -2.34. The SMILES string of the molecule is O=[N+]([O-])c1ccccc1S(=O)(=O)N1CCCC[C@H]1CCO. The van der Waals surface area contributed by atoms with Crippen LogP contribution in [0.15, 0.2) is 29.2 Å². The minimum Gasteiger partial charge on any atom is -0.396 e. The van der Waals surface area contributed by atoms with Crippen LogP contribution < -0.4 is 0 Å². The van der Waals surface area contributed by atoms with E-state index in [1.807, 2.05) is 0 Å². The molecule has 1 saturated heterocycles. The number of piperidine rings is 1. The highest BCUT2D eigenvalue weighted by Gasteiger charge is 2.36. The fraction of sp³-hybridized carbons (Fsp3) is 0.538. The van der Waals surface area contributed by atoms with Crippen molar-refractivity contribution in [1.82, 2.24) is 4.31 Å². The van der Waals surface area contributed by atoms with Crippen LogP contribution >= 0.6 is 0 Å². The number of sulfonamides is 1. The smallest absolute Gasteiger partial charge is 0.289 e. The monoisotopic (exact) mass is 314 g/mol. The number of rotatable bonds is 5. The van der Waals surface area contributed by atoms with Crippen LogP contribution in [0.25, 0.3) is 0 Å². The topological polar surface area (TPSA) is 101 Å². The average Bonchev–Trinajstić information content (AvgIpc) is 2.48. The van der Waals surface area contributed by atoms with Gasteiger partial charge in [-0.2, -0.15) is 4.31 Å². The second kappa shape index (κ2) is 6.50. The maximum absolute atomic E-state index is 12.7. The van der Waals surface area contributed by atoms with E-state index >= 15 is 0 Å². The van der Waals surface area contributed by atoms with Crippen molar-refractivity contribution in [2.75, 3.05) is 13.2 Å². The lowest BCUT2D eigenvalue weighted by molar-refractivity contribution is -0.387. The first kappa shape index (κ1) is 15.9. The van der Waals surface area contributed by atoms with Crippen LogP contribution in [0.2, 0.25) is 0 Å². The Labute approximate surface area is 123 Å². The van der Waals surface area contributed by atoms with Crippen molar-refractivity contribution in [2.24, 2.45) is 0 Å². The molecule has 0 bridgehead atoms. The number of nitro groups is 1. The molecule has 8 heteroatoms. The molecule has 1 aliphatic rings. The predicted octanol–water partition coefficient (Wildman–Crippen LogP) is 1.52. The van der Waals surface area contributed by atoms with E-state index < -0.39 is 20.6 Å². The summed E-state index contributed by atoms with van der Waals surface area (Å²) in [6.07, 6.45) is 2.63. The van der Waals surface area contributed by atoms with Gasteiger partial charge in [-0.1, -0.05) is 18.6 Å². The maximum Gasteiger partial charge on any atom is 0.289 e. The van der Waals surface area contributed by atoms with Crippen molar-refractivity contribution < 1.29 is 18.4 Å². The minimum absolute atomic E-state index is 0.104. The predicted molar refractivity (Wildman–Crippen MR) is 76.3 cm³/mol. The molecule has 1 aliphatic heterocycles. The highest BCUT2D eigenvalue weighted by molar-refractivity contribution is 7.89. The standard InChI is InChI=1S/C13H18N2O5S/c16-10-8-11-5-3-4-9-14(11)21(19,20)13-7-2-1-6-12(13)15(17)18/h1-2,6-7,11,16H,3-5,8-10H2/t11-/m0/s1. The fourth-order valence-corrected chi connectivity index (χ4v) is 4.56. The van der Waals surface area contributed by atoms with Crippen molar-refractivity contribution >= 4 is 15.7 Å². The van der Waals surface area contributed by atoms with Gasteiger partial charge in [-0.15, -0.1) is 0 Å². The van der Waals surface area contributed by atoms with Gasteiger partial charge >= 0.3 is 0 Å². The minimum atomic E-state index is -3.93. The third-order valence-electron chi connectivity index (χ3n) is 3.68. The molecule has 7 nitrogen and oxygen atoms in total. The number of benzene rings is 1. The van der Waals surface area contributed by atoms with Gasteiger partial charge in [-0.05, 0) is 25.3 Å². The molecule has 1 N–H and O–H groups in total. The molecule has 21 heavy (non-hydrogen) atoms. The zero-order valence-corrected chi connectivity index (χ0v) is 12.3. The summed E-state index contributed by atoms with van der Waals surface area (Å²) in [4.78, 5) is 10.1. The van der Waals surface area contributed by atoms with E-state index in [2.05, 4.69) is 0 Å². The Morgan fingerprint density at radius 1 is 1.33 bits per heavy atom. The Morgan fingerprint density at radius 3 is 2.71 bits per heavy atom. The lowest BCUT2D eigenvalue weighted by Crippen LogP contribution is -2.44. The van der Waals surface area contributed by atoms with E-state index in [0.29, 0.717) is 19.4 Å². The fourth-order valence-electron chi connectivity index (χ4n) is 2.68. The number of aliphatic hydroxyl groups is 1. The van der Waals surface area contributed by atoms with Crippen LogP contribution in [0.4, 0.5) is 5.69 Å². The highest BCUT2D eigenvalue weighted by atomic mass is 32.2. The largest absolute Gasteiger partial charge is 0.396 e. The molecule has 0 aromatic heterocycles. The molecular formula is C13H18N2O5S. The first-order valence-corrected chi connectivity index (χ1v) is 8.28. The second-order valence-corrected chi connectivity index (χ2v) is 6.86. The molecule has 0 radical (unpaired) electrons. The zero-order chi connectivity index (χ0) is 15.5. The molecule has 1 aromatic rings. The van der Waals surface area contributed by atoms with Crippen molar-refractivity contribution in [1.29, 1.82) is 0 Å². The van der Waals surface area contributed by atoms with Crippen LogP contribution in [-0.2, 0) is 10.0 Å². The van der Waals surface area contributed by atoms with Gasteiger partial charge in [0.15, 0.2) is 4.90 Å². The van der Waals surface area contributed by atoms with Gasteiger partial charge in [0, 0.05) is 25.3 Å². The van der Waals surface area contributed by atoms with Gasteiger partial charge in [0.1, 0.15) is 0 Å². The molecule has 2 rings (SSSR count). The summed E-state index contributed by atoms with van der Waals surface area (Å²) in [7, 11) is -3.93. The molecule has 1 heterocycles. The Kier molecular flexibility index (Phi) is 4.92. The first-order chi connectivity index (χ1) is 9.98. The first-order valence-electron chi connectivity index (χ1n) is 6.84. The molecule has 1 fully saturated rings. The number of para-hydroxylation sites is 1. The molecule has 0 spiro atoms. The summed E-state index contributed by atoms with van der Waals surface area (Å²) in [5, 5.41) is 20.1. The molecule has 1 atom stereocenters. The van der Waals surface area contributed by atoms with Crippen molar-refractivity contribution in [3.63, 3.8) is 0 Å². The van der Waals surface area contributed by atoms with Crippen LogP contribution in [0.3, 0.4) is 0 Å². The van der Waals surface area contributed by atoms with E-state index in [9.17, 15) is 18.5 Å². The van der Waals surface area contributed by atoms with Crippen LogP contribution in [0, 0.1) is 10.1 Å². The van der Waals surface area contributed by atoms with E-state index in [1.54, 1.807) is 0 Å².